The Hall–Kier alpha value is -1.88. The molecular weight excluding hydrogens is 388 g/mol. The van der Waals surface area contributed by atoms with Crippen molar-refractivity contribution in [2.24, 2.45) is 29.1 Å². The molecule has 6 rings (SSSR count). The standard InChI is InChI=1S/C26H34N2O3/c1-16-5-4-8-26(2)11-23-19(10-21(16)26)20(25(30)31-23)15-27-12-17-9-18(14-27)22-6-3-7-24(29)28(22)13-17/h3,6-7,10,16-20,23H,4-5,8-9,11-15H2,1-2H3/t16-,17+,18+,19+,20-,23+,26+/m0/s1. The van der Waals surface area contributed by atoms with E-state index in [2.05, 4.69) is 30.9 Å². The predicted molar refractivity (Wildman–Crippen MR) is 119 cm³/mol. The SMILES string of the molecule is C[C@H]1CCC[C@]2(C)C[C@H]3OC(=O)[C@@H](CN4C[C@H]5C[C@H](C4)c4cccc(=O)n4C5)[C@H]3C=C12. The Morgan fingerprint density at radius 3 is 2.94 bits per heavy atom. The molecule has 3 aliphatic heterocycles. The Labute approximate surface area is 184 Å². The number of pyridine rings is 1. The maximum Gasteiger partial charge on any atom is 0.311 e. The molecule has 2 saturated heterocycles. The van der Waals surface area contributed by atoms with Crippen LogP contribution in [0.3, 0.4) is 0 Å². The van der Waals surface area contributed by atoms with Gasteiger partial charge in [-0.3, -0.25) is 9.59 Å². The maximum atomic E-state index is 13.0. The van der Waals surface area contributed by atoms with E-state index in [0.717, 1.165) is 39.0 Å². The van der Waals surface area contributed by atoms with Gasteiger partial charge >= 0.3 is 5.97 Å². The van der Waals surface area contributed by atoms with Crippen LogP contribution < -0.4 is 5.56 Å². The first-order valence-electron chi connectivity index (χ1n) is 12.3. The van der Waals surface area contributed by atoms with E-state index < -0.39 is 0 Å². The fourth-order valence-corrected chi connectivity index (χ4v) is 7.68. The molecule has 0 radical (unpaired) electrons. The molecule has 5 nitrogen and oxygen atoms in total. The summed E-state index contributed by atoms with van der Waals surface area (Å²) < 4.78 is 7.96. The lowest BCUT2D eigenvalue weighted by atomic mass is 9.59. The average Bonchev–Trinajstić information content (AvgIpc) is 3.01. The van der Waals surface area contributed by atoms with Crippen molar-refractivity contribution in [1.82, 2.24) is 9.47 Å². The van der Waals surface area contributed by atoms with Crippen molar-refractivity contribution in [3.8, 4) is 0 Å². The molecule has 1 aromatic rings. The zero-order chi connectivity index (χ0) is 21.3. The number of aromatic nitrogens is 1. The van der Waals surface area contributed by atoms with Crippen LogP contribution in [-0.2, 0) is 16.1 Å². The fraction of sp³-hybridized carbons (Fsp3) is 0.692. The van der Waals surface area contributed by atoms with E-state index in [1.165, 1.54) is 25.0 Å². The van der Waals surface area contributed by atoms with Crippen LogP contribution in [0.25, 0.3) is 0 Å². The van der Waals surface area contributed by atoms with Crippen molar-refractivity contribution in [1.29, 1.82) is 0 Å². The van der Waals surface area contributed by atoms with E-state index in [1.807, 2.05) is 10.6 Å². The summed E-state index contributed by atoms with van der Waals surface area (Å²) >= 11 is 0. The van der Waals surface area contributed by atoms with Gasteiger partial charge in [0.15, 0.2) is 0 Å². The van der Waals surface area contributed by atoms with Crippen molar-refractivity contribution in [2.45, 2.75) is 64.5 Å². The van der Waals surface area contributed by atoms with Crippen LogP contribution in [-0.4, -0.2) is 41.2 Å². The number of carbonyl (C=O) groups is 1. The molecule has 1 aromatic heterocycles. The highest BCUT2D eigenvalue weighted by Crippen LogP contribution is 2.54. The molecule has 0 spiro atoms. The van der Waals surface area contributed by atoms with Gasteiger partial charge < -0.3 is 14.2 Å². The van der Waals surface area contributed by atoms with Gasteiger partial charge in [0, 0.05) is 49.8 Å². The van der Waals surface area contributed by atoms with Gasteiger partial charge in [0.25, 0.3) is 5.56 Å². The molecule has 1 saturated carbocycles. The first kappa shape index (κ1) is 19.8. The minimum Gasteiger partial charge on any atom is -0.461 e. The number of allylic oxidation sites excluding steroid dienone is 1. The molecule has 2 aliphatic carbocycles. The van der Waals surface area contributed by atoms with Crippen molar-refractivity contribution in [3.63, 3.8) is 0 Å². The first-order valence-corrected chi connectivity index (χ1v) is 12.3. The van der Waals surface area contributed by atoms with Crippen LogP contribution in [0.2, 0.25) is 0 Å². The molecule has 0 unspecified atom stereocenters. The Balaban J connectivity index is 1.24. The number of carbonyl (C=O) groups excluding carboxylic acids is 1. The second kappa shape index (κ2) is 7.06. The number of ether oxygens (including phenoxy) is 1. The van der Waals surface area contributed by atoms with Crippen molar-refractivity contribution < 1.29 is 9.53 Å². The zero-order valence-corrected chi connectivity index (χ0v) is 18.8. The number of hydrogen-bond acceptors (Lipinski definition) is 4. The number of hydrogen-bond donors (Lipinski definition) is 0. The number of piperidine rings is 1. The van der Waals surface area contributed by atoms with Gasteiger partial charge in [0.2, 0.25) is 0 Å². The smallest absolute Gasteiger partial charge is 0.311 e. The Bertz CT molecular complexity index is 997. The summed E-state index contributed by atoms with van der Waals surface area (Å²) in [5.74, 6) is 1.70. The lowest BCUT2D eigenvalue weighted by molar-refractivity contribution is -0.145. The molecule has 5 aliphatic rings. The Morgan fingerprint density at radius 2 is 2.06 bits per heavy atom. The van der Waals surface area contributed by atoms with Crippen molar-refractivity contribution in [3.05, 3.63) is 45.9 Å². The number of nitrogens with zero attached hydrogens (tertiary/aromatic N) is 2. The maximum absolute atomic E-state index is 13.0. The number of rotatable bonds is 2. The zero-order valence-electron chi connectivity index (χ0n) is 18.8. The largest absolute Gasteiger partial charge is 0.461 e. The van der Waals surface area contributed by atoms with Gasteiger partial charge in [-0.1, -0.05) is 38.0 Å². The molecule has 2 bridgehead atoms. The summed E-state index contributed by atoms with van der Waals surface area (Å²) in [5, 5.41) is 0. The normalized spacial score (nSPS) is 41.6. The molecule has 0 aromatic carbocycles. The van der Waals surface area contributed by atoms with Gasteiger partial charge in [0.05, 0.1) is 5.92 Å². The van der Waals surface area contributed by atoms with Gasteiger partial charge in [-0.15, -0.1) is 0 Å². The Kier molecular flexibility index (Phi) is 4.51. The third-order valence-corrected chi connectivity index (χ3v) is 9.09. The number of fused-ring (bicyclic) bond motifs is 6. The van der Waals surface area contributed by atoms with Crippen LogP contribution in [0.5, 0.6) is 0 Å². The van der Waals surface area contributed by atoms with E-state index in [9.17, 15) is 9.59 Å². The van der Waals surface area contributed by atoms with Gasteiger partial charge in [-0.2, -0.15) is 0 Å². The highest BCUT2D eigenvalue weighted by atomic mass is 16.6. The van der Waals surface area contributed by atoms with E-state index >= 15 is 0 Å². The third kappa shape index (κ3) is 3.14. The topological polar surface area (TPSA) is 51.5 Å². The van der Waals surface area contributed by atoms with Crippen LogP contribution in [0.4, 0.5) is 0 Å². The van der Waals surface area contributed by atoms with Crippen LogP contribution in [0, 0.1) is 29.1 Å². The fourth-order valence-electron chi connectivity index (χ4n) is 7.68. The minimum atomic E-state index is -0.0482. The molecule has 4 heterocycles. The highest BCUT2D eigenvalue weighted by molar-refractivity contribution is 5.76. The monoisotopic (exact) mass is 422 g/mol. The quantitative estimate of drug-likeness (QED) is 0.540. The van der Waals surface area contributed by atoms with Gasteiger partial charge in [-0.25, -0.2) is 0 Å². The molecule has 3 fully saturated rings. The second-order valence-corrected chi connectivity index (χ2v) is 11.3. The first-order chi connectivity index (χ1) is 14.9. The summed E-state index contributed by atoms with van der Waals surface area (Å²) in [5.41, 5.74) is 3.10. The van der Waals surface area contributed by atoms with Gasteiger partial charge in [0.1, 0.15) is 6.10 Å². The highest BCUT2D eigenvalue weighted by Gasteiger charge is 2.52. The third-order valence-electron chi connectivity index (χ3n) is 9.09. The molecule has 7 atom stereocenters. The van der Waals surface area contributed by atoms with Crippen LogP contribution >= 0.6 is 0 Å². The minimum absolute atomic E-state index is 0.00843. The summed E-state index contributed by atoms with van der Waals surface area (Å²) in [6, 6.07) is 5.68. The van der Waals surface area contributed by atoms with E-state index in [-0.39, 0.29) is 34.9 Å². The Morgan fingerprint density at radius 1 is 1.19 bits per heavy atom. The van der Waals surface area contributed by atoms with Crippen molar-refractivity contribution in [2.75, 3.05) is 19.6 Å². The summed E-state index contributed by atoms with van der Waals surface area (Å²) in [4.78, 5) is 27.8. The van der Waals surface area contributed by atoms with E-state index in [1.54, 1.807) is 11.6 Å². The van der Waals surface area contributed by atoms with Crippen LogP contribution in [0.15, 0.2) is 34.6 Å². The predicted octanol–water partition coefficient (Wildman–Crippen LogP) is 3.58. The lowest BCUT2D eigenvalue weighted by Gasteiger charge is -2.46. The van der Waals surface area contributed by atoms with E-state index in [0.29, 0.717) is 17.8 Å². The molecule has 31 heavy (non-hydrogen) atoms. The summed E-state index contributed by atoms with van der Waals surface area (Å²) in [6.07, 6.45) is 8.45. The number of likely N-dealkylation sites (tertiary alicyclic amines) is 1. The summed E-state index contributed by atoms with van der Waals surface area (Å²) in [7, 11) is 0. The second-order valence-electron chi connectivity index (χ2n) is 11.3. The summed E-state index contributed by atoms with van der Waals surface area (Å²) in [6.45, 7) is 8.26. The molecule has 5 heteroatoms. The van der Waals surface area contributed by atoms with Gasteiger partial charge in [-0.05, 0) is 49.0 Å². The number of esters is 1. The molecule has 0 N–H and O–H groups in total. The average molecular weight is 423 g/mol. The molecule has 166 valence electrons. The van der Waals surface area contributed by atoms with Crippen molar-refractivity contribution >= 4 is 5.97 Å². The van der Waals surface area contributed by atoms with Crippen LogP contribution in [0.1, 0.15) is 57.6 Å². The lowest BCUT2D eigenvalue weighted by Crippen LogP contribution is -2.49. The molecular formula is C26H34N2O3. The van der Waals surface area contributed by atoms with E-state index in [4.69, 9.17) is 4.74 Å². The molecule has 0 amide bonds.